The Labute approximate surface area is 167 Å². The zero-order valence-corrected chi connectivity index (χ0v) is 17.7. The quantitative estimate of drug-likeness (QED) is 0.715. The first-order valence-corrected chi connectivity index (χ1v) is 11.0. The van der Waals surface area contributed by atoms with Gasteiger partial charge in [0, 0.05) is 24.5 Å². The summed E-state index contributed by atoms with van der Waals surface area (Å²) in [6, 6.07) is 12.4. The predicted octanol–water partition coefficient (Wildman–Crippen LogP) is 4.17. The summed E-state index contributed by atoms with van der Waals surface area (Å²) in [5.74, 6) is -0.261. The lowest BCUT2D eigenvalue weighted by molar-refractivity contribution is 0.168. The number of nitrogens with one attached hydrogen (secondary N) is 1. The molecule has 0 fully saturated rings. The standard InChI is InChI=1S/C21H28N2O4S/c1-5-23(6-2)18-9-12-20(17(4)15-18)22-21(24)27-13-14-28(25,26)19-10-7-16(3)8-11-19/h7-12,15H,5-6,13-14H2,1-4H3,(H,22,24). The van der Waals surface area contributed by atoms with Gasteiger partial charge in [-0.2, -0.15) is 0 Å². The summed E-state index contributed by atoms with van der Waals surface area (Å²) in [5, 5.41) is 2.67. The summed E-state index contributed by atoms with van der Waals surface area (Å²) < 4.78 is 29.6. The molecular weight excluding hydrogens is 376 g/mol. The topological polar surface area (TPSA) is 75.7 Å². The Morgan fingerprint density at radius 2 is 1.68 bits per heavy atom. The molecule has 2 aromatic carbocycles. The number of ether oxygens (including phenoxy) is 1. The van der Waals surface area contributed by atoms with Crippen LogP contribution in [0.2, 0.25) is 0 Å². The number of nitrogens with zero attached hydrogens (tertiary/aromatic N) is 1. The number of hydrogen-bond donors (Lipinski definition) is 1. The van der Waals surface area contributed by atoms with Crippen LogP contribution >= 0.6 is 0 Å². The SMILES string of the molecule is CCN(CC)c1ccc(NC(=O)OCCS(=O)(=O)c2ccc(C)cc2)c(C)c1. The number of sulfone groups is 1. The van der Waals surface area contributed by atoms with Crippen molar-refractivity contribution in [3.05, 3.63) is 53.6 Å². The third kappa shape index (κ3) is 5.73. The average Bonchev–Trinajstić information content (AvgIpc) is 2.65. The molecule has 0 unspecified atom stereocenters. The molecule has 2 aromatic rings. The minimum Gasteiger partial charge on any atom is -0.448 e. The molecule has 152 valence electrons. The van der Waals surface area contributed by atoms with Crippen LogP contribution in [-0.4, -0.2) is 40.0 Å². The van der Waals surface area contributed by atoms with Gasteiger partial charge in [0.15, 0.2) is 9.84 Å². The molecule has 2 rings (SSSR count). The fraction of sp³-hybridized carbons (Fsp3) is 0.381. The van der Waals surface area contributed by atoms with Crippen molar-refractivity contribution in [2.24, 2.45) is 0 Å². The van der Waals surface area contributed by atoms with Crippen LogP contribution in [-0.2, 0) is 14.6 Å². The monoisotopic (exact) mass is 404 g/mol. The van der Waals surface area contributed by atoms with Gasteiger partial charge in [-0.15, -0.1) is 0 Å². The number of hydrogen-bond acceptors (Lipinski definition) is 5. The minimum atomic E-state index is -3.49. The van der Waals surface area contributed by atoms with E-state index in [4.69, 9.17) is 4.74 Å². The van der Waals surface area contributed by atoms with Gasteiger partial charge in [-0.05, 0) is 63.6 Å². The molecule has 0 aliphatic carbocycles. The Kier molecular flexibility index (Phi) is 7.45. The van der Waals surface area contributed by atoms with E-state index in [9.17, 15) is 13.2 Å². The number of anilines is 2. The second-order valence-electron chi connectivity index (χ2n) is 6.56. The van der Waals surface area contributed by atoms with Gasteiger partial charge in [0.1, 0.15) is 6.61 Å². The Morgan fingerprint density at radius 3 is 2.25 bits per heavy atom. The first-order chi connectivity index (χ1) is 13.3. The molecule has 0 saturated carbocycles. The van der Waals surface area contributed by atoms with E-state index in [2.05, 4.69) is 24.1 Å². The molecule has 0 bridgehead atoms. The maximum Gasteiger partial charge on any atom is 0.411 e. The van der Waals surface area contributed by atoms with Gasteiger partial charge in [0.2, 0.25) is 0 Å². The lowest BCUT2D eigenvalue weighted by Crippen LogP contribution is -2.22. The summed E-state index contributed by atoms with van der Waals surface area (Å²) in [5.41, 5.74) is 3.62. The van der Waals surface area contributed by atoms with E-state index < -0.39 is 15.9 Å². The Morgan fingerprint density at radius 1 is 1.04 bits per heavy atom. The van der Waals surface area contributed by atoms with Crippen LogP contribution < -0.4 is 10.2 Å². The second-order valence-corrected chi connectivity index (χ2v) is 8.67. The van der Waals surface area contributed by atoms with E-state index >= 15 is 0 Å². The lowest BCUT2D eigenvalue weighted by Gasteiger charge is -2.22. The van der Waals surface area contributed by atoms with Crippen molar-refractivity contribution in [3.8, 4) is 0 Å². The molecular formula is C21H28N2O4S. The van der Waals surface area contributed by atoms with Crippen molar-refractivity contribution in [2.45, 2.75) is 32.6 Å². The molecule has 0 aliphatic heterocycles. The fourth-order valence-corrected chi connectivity index (χ4v) is 3.92. The number of rotatable bonds is 8. The van der Waals surface area contributed by atoms with Crippen LogP contribution in [0.3, 0.4) is 0 Å². The van der Waals surface area contributed by atoms with Gasteiger partial charge in [0.25, 0.3) is 0 Å². The van der Waals surface area contributed by atoms with Crippen LogP contribution in [0.5, 0.6) is 0 Å². The fourth-order valence-electron chi connectivity index (χ4n) is 2.83. The Bertz CT molecular complexity index is 905. The summed E-state index contributed by atoms with van der Waals surface area (Å²) in [6.45, 7) is 9.57. The summed E-state index contributed by atoms with van der Waals surface area (Å²) >= 11 is 0. The molecule has 0 aliphatic rings. The summed E-state index contributed by atoms with van der Waals surface area (Å²) in [4.78, 5) is 14.5. The van der Waals surface area contributed by atoms with E-state index in [1.54, 1.807) is 24.3 Å². The van der Waals surface area contributed by atoms with Gasteiger partial charge in [-0.25, -0.2) is 13.2 Å². The normalized spacial score (nSPS) is 11.1. The summed E-state index contributed by atoms with van der Waals surface area (Å²) in [6.07, 6.45) is -0.669. The number of aryl methyl sites for hydroxylation is 2. The first kappa shape index (κ1) is 21.8. The van der Waals surface area contributed by atoms with Crippen LogP contribution in [0.1, 0.15) is 25.0 Å². The zero-order valence-electron chi connectivity index (χ0n) is 16.9. The van der Waals surface area contributed by atoms with Gasteiger partial charge in [-0.3, -0.25) is 5.32 Å². The number of benzene rings is 2. The van der Waals surface area contributed by atoms with E-state index in [0.717, 1.165) is 29.9 Å². The molecule has 0 aromatic heterocycles. The Balaban J connectivity index is 1.91. The van der Waals surface area contributed by atoms with E-state index in [1.807, 2.05) is 32.0 Å². The second kappa shape index (κ2) is 9.59. The van der Waals surface area contributed by atoms with Crippen molar-refractivity contribution < 1.29 is 17.9 Å². The van der Waals surface area contributed by atoms with Crippen LogP contribution in [0.15, 0.2) is 47.4 Å². The third-order valence-corrected chi connectivity index (χ3v) is 6.24. The van der Waals surface area contributed by atoms with Crippen molar-refractivity contribution in [3.63, 3.8) is 0 Å². The molecule has 1 amide bonds. The van der Waals surface area contributed by atoms with Crippen molar-refractivity contribution in [1.82, 2.24) is 0 Å². The highest BCUT2D eigenvalue weighted by Gasteiger charge is 2.16. The molecule has 1 N–H and O–H groups in total. The van der Waals surface area contributed by atoms with Gasteiger partial charge >= 0.3 is 6.09 Å². The van der Waals surface area contributed by atoms with Crippen LogP contribution in [0.25, 0.3) is 0 Å². The molecule has 7 heteroatoms. The maximum atomic E-state index is 12.3. The highest BCUT2D eigenvalue weighted by atomic mass is 32.2. The molecule has 0 spiro atoms. The summed E-state index contributed by atoms with van der Waals surface area (Å²) in [7, 11) is -3.49. The molecule has 28 heavy (non-hydrogen) atoms. The highest BCUT2D eigenvalue weighted by molar-refractivity contribution is 7.91. The molecule has 0 atom stereocenters. The smallest absolute Gasteiger partial charge is 0.411 e. The van der Waals surface area contributed by atoms with Gasteiger partial charge < -0.3 is 9.64 Å². The van der Waals surface area contributed by atoms with Crippen molar-refractivity contribution >= 4 is 27.3 Å². The maximum absolute atomic E-state index is 12.3. The van der Waals surface area contributed by atoms with Crippen molar-refractivity contribution in [2.75, 3.05) is 35.7 Å². The highest BCUT2D eigenvalue weighted by Crippen LogP contribution is 2.22. The molecule has 6 nitrogen and oxygen atoms in total. The number of carbonyl (C=O) groups is 1. The number of amides is 1. The van der Waals surface area contributed by atoms with Crippen LogP contribution in [0.4, 0.5) is 16.2 Å². The van der Waals surface area contributed by atoms with E-state index in [1.165, 1.54) is 0 Å². The van der Waals surface area contributed by atoms with E-state index in [-0.39, 0.29) is 17.3 Å². The zero-order chi connectivity index (χ0) is 20.7. The molecule has 0 heterocycles. The third-order valence-electron chi connectivity index (χ3n) is 4.54. The van der Waals surface area contributed by atoms with Crippen LogP contribution in [0, 0.1) is 13.8 Å². The average molecular weight is 405 g/mol. The van der Waals surface area contributed by atoms with Gasteiger partial charge in [-0.1, -0.05) is 17.7 Å². The van der Waals surface area contributed by atoms with Gasteiger partial charge in [0.05, 0.1) is 10.6 Å². The first-order valence-electron chi connectivity index (χ1n) is 9.35. The molecule has 0 radical (unpaired) electrons. The van der Waals surface area contributed by atoms with E-state index in [0.29, 0.717) is 5.69 Å². The minimum absolute atomic E-state index is 0.210. The molecule has 0 saturated heterocycles. The predicted molar refractivity (Wildman–Crippen MR) is 113 cm³/mol. The Hall–Kier alpha value is -2.54. The number of carbonyl (C=O) groups excluding carboxylic acids is 1. The lowest BCUT2D eigenvalue weighted by atomic mass is 10.1. The largest absolute Gasteiger partial charge is 0.448 e. The van der Waals surface area contributed by atoms with Crippen molar-refractivity contribution in [1.29, 1.82) is 0 Å².